The Hall–Kier alpha value is -1.29. The molecule has 1 heterocycles. The van der Waals surface area contributed by atoms with Crippen LogP contribution in [0.25, 0.3) is 0 Å². The number of methoxy groups -OCH3 is 1. The van der Waals surface area contributed by atoms with Crippen molar-refractivity contribution >= 4 is 5.69 Å². The Morgan fingerprint density at radius 1 is 1.41 bits per heavy atom. The van der Waals surface area contributed by atoms with Gasteiger partial charge in [0.25, 0.3) is 0 Å². The molecule has 0 amide bonds. The molecule has 0 saturated carbocycles. The standard InChI is InChI=1S/C13H22N2O2/c1-10(2)9-17-6-5-14-12-7-11(3)15-8-13(12)16-4/h7-8,10H,5-6,9H2,1-4H3,(H,14,15). The molecule has 4 nitrogen and oxygen atoms in total. The summed E-state index contributed by atoms with van der Waals surface area (Å²) < 4.78 is 10.7. The predicted octanol–water partition coefficient (Wildman–Crippen LogP) is 2.48. The smallest absolute Gasteiger partial charge is 0.160 e. The summed E-state index contributed by atoms with van der Waals surface area (Å²) in [7, 11) is 1.65. The number of pyridine rings is 1. The fraction of sp³-hybridized carbons (Fsp3) is 0.615. The second-order valence-corrected chi connectivity index (χ2v) is 4.42. The zero-order chi connectivity index (χ0) is 12.7. The van der Waals surface area contributed by atoms with Crippen LogP contribution in [0.5, 0.6) is 5.75 Å². The van der Waals surface area contributed by atoms with Crippen LogP contribution in [-0.4, -0.2) is 31.9 Å². The Kier molecular flexibility index (Phi) is 5.77. The van der Waals surface area contributed by atoms with Crippen molar-refractivity contribution in [1.82, 2.24) is 4.98 Å². The Bertz CT molecular complexity index is 340. The fourth-order valence-corrected chi connectivity index (χ4v) is 1.42. The summed E-state index contributed by atoms with van der Waals surface area (Å²) in [6.07, 6.45) is 1.73. The molecule has 0 aliphatic rings. The van der Waals surface area contributed by atoms with Gasteiger partial charge < -0.3 is 14.8 Å². The van der Waals surface area contributed by atoms with Crippen molar-refractivity contribution in [3.05, 3.63) is 18.0 Å². The number of aryl methyl sites for hydroxylation is 1. The molecular weight excluding hydrogens is 216 g/mol. The first-order valence-electron chi connectivity index (χ1n) is 5.95. The minimum atomic E-state index is 0.577. The van der Waals surface area contributed by atoms with Crippen LogP contribution in [0.2, 0.25) is 0 Å². The Morgan fingerprint density at radius 2 is 2.18 bits per heavy atom. The lowest BCUT2D eigenvalue weighted by molar-refractivity contribution is 0.118. The lowest BCUT2D eigenvalue weighted by Gasteiger charge is -2.12. The van der Waals surface area contributed by atoms with Crippen molar-refractivity contribution in [2.75, 3.05) is 32.2 Å². The molecule has 4 heteroatoms. The van der Waals surface area contributed by atoms with E-state index in [1.54, 1.807) is 13.3 Å². The largest absolute Gasteiger partial charge is 0.493 e. The zero-order valence-electron chi connectivity index (χ0n) is 11.1. The monoisotopic (exact) mass is 238 g/mol. The van der Waals surface area contributed by atoms with Crippen molar-refractivity contribution in [1.29, 1.82) is 0 Å². The van der Waals surface area contributed by atoms with Gasteiger partial charge in [0.15, 0.2) is 5.75 Å². The first kappa shape index (κ1) is 13.8. The van der Waals surface area contributed by atoms with Crippen molar-refractivity contribution in [2.24, 2.45) is 5.92 Å². The van der Waals surface area contributed by atoms with E-state index < -0.39 is 0 Å². The molecule has 0 bridgehead atoms. The highest BCUT2D eigenvalue weighted by Crippen LogP contribution is 2.22. The molecule has 1 aromatic heterocycles. The van der Waals surface area contributed by atoms with Crippen LogP contribution >= 0.6 is 0 Å². The molecule has 1 aromatic rings. The second kappa shape index (κ2) is 7.12. The van der Waals surface area contributed by atoms with Crippen LogP contribution < -0.4 is 10.1 Å². The maximum Gasteiger partial charge on any atom is 0.160 e. The zero-order valence-corrected chi connectivity index (χ0v) is 11.1. The Labute approximate surface area is 103 Å². The summed E-state index contributed by atoms with van der Waals surface area (Å²) in [5.74, 6) is 1.34. The van der Waals surface area contributed by atoms with E-state index in [2.05, 4.69) is 24.1 Å². The average Bonchev–Trinajstić information content (AvgIpc) is 2.28. The highest BCUT2D eigenvalue weighted by molar-refractivity contribution is 5.55. The number of rotatable bonds is 7. The van der Waals surface area contributed by atoms with Gasteiger partial charge in [-0.1, -0.05) is 13.8 Å². The molecule has 0 spiro atoms. The molecule has 1 rings (SSSR count). The number of ether oxygens (including phenoxy) is 2. The van der Waals surface area contributed by atoms with Crippen molar-refractivity contribution in [2.45, 2.75) is 20.8 Å². The molecular formula is C13H22N2O2. The van der Waals surface area contributed by atoms with E-state index in [-0.39, 0.29) is 0 Å². The van der Waals surface area contributed by atoms with Gasteiger partial charge in [-0.3, -0.25) is 4.98 Å². The molecule has 0 aliphatic heterocycles. The van der Waals surface area contributed by atoms with Gasteiger partial charge in [0.05, 0.1) is 25.6 Å². The second-order valence-electron chi connectivity index (χ2n) is 4.42. The Balaban J connectivity index is 2.37. The molecule has 0 atom stereocenters. The van der Waals surface area contributed by atoms with Crippen LogP contribution in [0.4, 0.5) is 5.69 Å². The third kappa shape index (κ3) is 5.04. The fourth-order valence-electron chi connectivity index (χ4n) is 1.42. The normalized spacial score (nSPS) is 10.6. The van der Waals surface area contributed by atoms with Gasteiger partial charge in [0.2, 0.25) is 0 Å². The highest BCUT2D eigenvalue weighted by atomic mass is 16.5. The van der Waals surface area contributed by atoms with Crippen LogP contribution in [0.15, 0.2) is 12.3 Å². The van der Waals surface area contributed by atoms with Gasteiger partial charge in [0.1, 0.15) is 0 Å². The topological polar surface area (TPSA) is 43.4 Å². The Morgan fingerprint density at radius 3 is 2.82 bits per heavy atom. The third-order valence-corrected chi connectivity index (χ3v) is 2.24. The molecule has 0 aliphatic carbocycles. The van der Waals surface area contributed by atoms with E-state index in [9.17, 15) is 0 Å². The summed E-state index contributed by atoms with van der Waals surface area (Å²) in [6, 6.07) is 1.97. The van der Waals surface area contributed by atoms with Gasteiger partial charge in [0, 0.05) is 18.8 Å². The number of aromatic nitrogens is 1. The number of anilines is 1. The van der Waals surface area contributed by atoms with Crippen LogP contribution in [0.1, 0.15) is 19.5 Å². The van der Waals surface area contributed by atoms with E-state index in [4.69, 9.17) is 9.47 Å². The molecule has 0 aromatic carbocycles. The first-order chi connectivity index (χ1) is 8.13. The van der Waals surface area contributed by atoms with Gasteiger partial charge in [-0.15, -0.1) is 0 Å². The van der Waals surface area contributed by atoms with Crippen LogP contribution in [0.3, 0.4) is 0 Å². The molecule has 0 saturated heterocycles. The SMILES string of the molecule is COc1cnc(C)cc1NCCOCC(C)C. The van der Waals surface area contributed by atoms with E-state index in [1.165, 1.54) is 0 Å². The lowest BCUT2D eigenvalue weighted by atomic mass is 10.2. The quantitative estimate of drug-likeness (QED) is 0.741. The van der Waals surface area contributed by atoms with Gasteiger partial charge in [-0.2, -0.15) is 0 Å². The highest BCUT2D eigenvalue weighted by Gasteiger charge is 2.03. The van der Waals surface area contributed by atoms with E-state index >= 15 is 0 Å². The molecule has 17 heavy (non-hydrogen) atoms. The van der Waals surface area contributed by atoms with Crippen LogP contribution in [-0.2, 0) is 4.74 Å². The van der Waals surface area contributed by atoms with E-state index in [0.717, 1.165) is 30.3 Å². The average molecular weight is 238 g/mol. The van der Waals surface area contributed by atoms with Gasteiger partial charge >= 0.3 is 0 Å². The summed E-state index contributed by atoms with van der Waals surface area (Å²) in [6.45, 7) is 8.51. The van der Waals surface area contributed by atoms with E-state index in [0.29, 0.717) is 12.5 Å². The summed E-state index contributed by atoms with van der Waals surface area (Å²) in [5, 5.41) is 3.29. The number of hydrogen-bond acceptors (Lipinski definition) is 4. The van der Waals surface area contributed by atoms with E-state index in [1.807, 2.05) is 13.0 Å². The maximum absolute atomic E-state index is 5.50. The number of nitrogens with one attached hydrogen (secondary N) is 1. The summed E-state index contributed by atoms with van der Waals surface area (Å²) in [5.41, 5.74) is 1.93. The van der Waals surface area contributed by atoms with Crippen molar-refractivity contribution in [3.8, 4) is 5.75 Å². The minimum absolute atomic E-state index is 0.577. The molecule has 1 N–H and O–H groups in total. The minimum Gasteiger partial charge on any atom is -0.493 e. The molecule has 0 radical (unpaired) electrons. The van der Waals surface area contributed by atoms with Crippen LogP contribution in [0, 0.1) is 12.8 Å². The number of hydrogen-bond donors (Lipinski definition) is 1. The molecule has 0 unspecified atom stereocenters. The van der Waals surface area contributed by atoms with Gasteiger partial charge in [-0.25, -0.2) is 0 Å². The molecule has 96 valence electrons. The summed E-state index contributed by atoms with van der Waals surface area (Å²) in [4.78, 5) is 4.18. The summed E-state index contributed by atoms with van der Waals surface area (Å²) >= 11 is 0. The van der Waals surface area contributed by atoms with Crippen molar-refractivity contribution < 1.29 is 9.47 Å². The third-order valence-electron chi connectivity index (χ3n) is 2.24. The lowest BCUT2D eigenvalue weighted by Crippen LogP contribution is -2.12. The first-order valence-corrected chi connectivity index (χ1v) is 5.95. The predicted molar refractivity (Wildman–Crippen MR) is 69.7 cm³/mol. The maximum atomic E-state index is 5.50. The molecule has 0 fully saturated rings. The number of nitrogens with zero attached hydrogens (tertiary/aromatic N) is 1. The van der Waals surface area contributed by atoms with Gasteiger partial charge in [-0.05, 0) is 18.9 Å². The van der Waals surface area contributed by atoms with Crippen molar-refractivity contribution in [3.63, 3.8) is 0 Å².